The molecule has 2 heterocycles. The Kier molecular flexibility index (Phi) is 3.89. The van der Waals surface area contributed by atoms with Crippen molar-refractivity contribution in [3.8, 4) is 0 Å². The average molecular weight is 326 g/mol. The van der Waals surface area contributed by atoms with E-state index in [2.05, 4.69) is 30.9 Å². The van der Waals surface area contributed by atoms with Crippen LogP contribution in [0.3, 0.4) is 0 Å². The zero-order valence-corrected chi connectivity index (χ0v) is 12.5. The van der Waals surface area contributed by atoms with Gasteiger partial charge >= 0.3 is 5.97 Å². The molecule has 0 saturated carbocycles. The number of aromatic amines is 1. The number of hydrogen-bond donors (Lipinski definition) is 2. The van der Waals surface area contributed by atoms with Crippen molar-refractivity contribution in [3.05, 3.63) is 22.6 Å². The third-order valence-electron chi connectivity index (χ3n) is 3.67. The van der Waals surface area contributed by atoms with Crippen LogP contribution in [-0.2, 0) is 11.2 Å². The fraction of sp³-hybridized carbons (Fsp3) is 0.462. The molecule has 0 atom stereocenters. The molecule has 2 aromatic rings. The second kappa shape index (κ2) is 5.28. The number of pyridine rings is 1. The predicted octanol–water partition coefficient (Wildman–Crippen LogP) is 3.15. The van der Waals surface area contributed by atoms with Gasteiger partial charge in [-0.2, -0.15) is 0 Å². The number of carboxylic acids is 1. The summed E-state index contributed by atoms with van der Waals surface area (Å²) in [7, 11) is 0. The van der Waals surface area contributed by atoms with E-state index in [0.29, 0.717) is 30.7 Å². The molecule has 6 heteroatoms. The smallest absolute Gasteiger partial charge is 0.310 e. The fourth-order valence-electron chi connectivity index (χ4n) is 2.21. The lowest BCUT2D eigenvalue weighted by atomic mass is 9.79. The van der Waals surface area contributed by atoms with Crippen molar-refractivity contribution >= 4 is 33.1 Å². The van der Waals surface area contributed by atoms with Crippen molar-refractivity contribution in [1.82, 2.24) is 15.0 Å². The normalized spacial score (nSPS) is 11.9. The van der Waals surface area contributed by atoms with E-state index in [9.17, 15) is 9.90 Å². The zero-order valence-electron chi connectivity index (χ0n) is 10.9. The molecule has 0 radical (unpaired) electrons. The van der Waals surface area contributed by atoms with Gasteiger partial charge in [-0.15, -0.1) is 0 Å². The standard InChI is InChI=1S/C13H16BrN3O2/c1-3-13(4-2,12(18)19)6-10-16-9-5-8(14)7-15-11(9)17-10/h5,7H,3-4,6H2,1-2H3,(H,18,19)(H,15,16,17). The molecule has 2 rings (SSSR count). The first kappa shape index (κ1) is 14.0. The van der Waals surface area contributed by atoms with Gasteiger partial charge in [-0.3, -0.25) is 4.79 Å². The summed E-state index contributed by atoms with van der Waals surface area (Å²) in [6.07, 6.45) is 3.22. The molecule has 5 nitrogen and oxygen atoms in total. The number of H-pyrrole nitrogens is 1. The van der Waals surface area contributed by atoms with Gasteiger partial charge in [0, 0.05) is 17.1 Å². The quantitative estimate of drug-likeness (QED) is 0.885. The van der Waals surface area contributed by atoms with Crippen LogP contribution in [0, 0.1) is 5.41 Å². The van der Waals surface area contributed by atoms with E-state index >= 15 is 0 Å². The monoisotopic (exact) mass is 325 g/mol. The summed E-state index contributed by atoms with van der Waals surface area (Å²) in [5, 5.41) is 9.44. The topological polar surface area (TPSA) is 78.9 Å². The van der Waals surface area contributed by atoms with E-state index in [1.54, 1.807) is 6.20 Å². The number of carboxylic acid groups (broad SMARTS) is 1. The Morgan fingerprint density at radius 3 is 2.74 bits per heavy atom. The van der Waals surface area contributed by atoms with Gasteiger partial charge in [-0.1, -0.05) is 13.8 Å². The highest BCUT2D eigenvalue weighted by Crippen LogP contribution is 2.31. The zero-order chi connectivity index (χ0) is 14.0. The molecule has 0 unspecified atom stereocenters. The van der Waals surface area contributed by atoms with Crippen LogP contribution in [0.25, 0.3) is 11.2 Å². The number of rotatable bonds is 5. The van der Waals surface area contributed by atoms with E-state index in [4.69, 9.17) is 0 Å². The van der Waals surface area contributed by atoms with Crippen molar-refractivity contribution in [2.75, 3.05) is 0 Å². The van der Waals surface area contributed by atoms with Gasteiger partial charge in [-0.05, 0) is 34.8 Å². The number of aromatic nitrogens is 3. The minimum atomic E-state index is -0.771. The minimum absolute atomic E-state index is 0.392. The van der Waals surface area contributed by atoms with Gasteiger partial charge in [0.2, 0.25) is 0 Å². The lowest BCUT2D eigenvalue weighted by Gasteiger charge is -2.25. The highest BCUT2D eigenvalue weighted by atomic mass is 79.9. The molecule has 0 spiro atoms. The van der Waals surface area contributed by atoms with Gasteiger partial charge in [0.15, 0.2) is 5.65 Å². The van der Waals surface area contributed by atoms with Crippen molar-refractivity contribution in [1.29, 1.82) is 0 Å². The number of fused-ring (bicyclic) bond motifs is 1. The molecule has 0 aromatic carbocycles. The second-order valence-electron chi connectivity index (χ2n) is 4.68. The summed E-state index contributed by atoms with van der Waals surface area (Å²) < 4.78 is 0.866. The van der Waals surface area contributed by atoms with Gasteiger partial charge in [-0.25, -0.2) is 9.97 Å². The largest absolute Gasteiger partial charge is 0.481 e. The van der Waals surface area contributed by atoms with Crippen LogP contribution in [0.15, 0.2) is 16.7 Å². The summed E-state index contributed by atoms with van der Waals surface area (Å²) in [5.74, 6) is -0.0983. The second-order valence-corrected chi connectivity index (χ2v) is 5.59. The fourth-order valence-corrected chi connectivity index (χ4v) is 2.54. The minimum Gasteiger partial charge on any atom is -0.481 e. The molecular weight excluding hydrogens is 310 g/mol. The number of hydrogen-bond acceptors (Lipinski definition) is 3. The van der Waals surface area contributed by atoms with E-state index in [1.807, 2.05) is 19.9 Å². The Hall–Kier alpha value is -1.43. The third-order valence-corrected chi connectivity index (χ3v) is 4.10. The Bertz CT molecular complexity index is 605. The third kappa shape index (κ3) is 2.63. The molecule has 0 bridgehead atoms. The summed E-state index contributed by atoms with van der Waals surface area (Å²) in [4.78, 5) is 23.2. The van der Waals surface area contributed by atoms with Crippen molar-refractivity contribution in [3.63, 3.8) is 0 Å². The maximum atomic E-state index is 11.5. The lowest BCUT2D eigenvalue weighted by molar-refractivity contribution is -0.149. The van der Waals surface area contributed by atoms with Gasteiger partial charge in [0.1, 0.15) is 5.82 Å². The number of nitrogens with zero attached hydrogens (tertiary/aromatic N) is 2. The molecule has 102 valence electrons. The summed E-state index contributed by atoms with van der Waals surface area (Å²) in [6.45, 7) is 3.80. The lowest BCUT2D eigenvalue weighted by Crippen LogP contribution is -2.32. The van der Waals surface area contributed by atoms with Crippen LogP contribution in [0.4, 0.5) is 0 Å². The number of halogens is 1. The van der Waals surface area contributed by atoms with Crippen LogP contribution in [0.5, 0.6) is 0 Å². The van der Waals surface area contributed by atoms with Crippen molar-refractivity contribution < 1.29 is 9.90 Å². The Morgan fingerprint density at radius 1 is 1.47 bits per heavy atom. The molecule has 0 amide bonds. The summed E-state index contributed by atoms with van der Waals surface area (Å²) in [5.41, 5.74) is 0.672. The van der Waals surface area contributed by atoms with Crippen LogP contribution in [0.2, 0.25) is 0 Å². The highest BCUT2D eigenvalue weighted by Gasteiger charge is 2.36. The maximum Gasteiger partial charge on any atom is 0.310 e. The Morgan fingerprint density at radius 2 is 2.16 bits per heavy atom. The molecule has 0 saturated heterocycles. The first-order chi connectivity index (χ1) is 9.00. The number of nitrogens with one attached hydrogen (secondary N) is 1. The summed E-state index contributed by atoms with van der Waals surface area (Å²) >= 11 is 3.35. The number of imidazole rings is 1. The van der Waals surface area contributed by atoms with Crippen LogP contribution < -0.4 is 0 Å². The number of aliphatic carboxylic acids is 1. The molecule has 2 aromatic heterocycles. The molecule has 0 aliphatic rings. The van der Waals surface area contributed by atoms with Crippen LogP contribution in [0.1, 0.15) is 32.5 Å². The summed E-state index contributed by atoms with van der Waals surface area (Å²) in [6, 6.07) is 1.89. The van der Waals surface area contributed by atoms with Gasteiger partial charge in [0.05, 0.1) is 10.9 Å². The van der Waals surface area contributed by atoms with E-state index in [1.165, 1.54) is 0 Å². The average Bonchev–Trinajstić information content (AvgIpc) is 2.77. The SMILES string of the molecule is CCC(CC)(Cc1nc2ncc(Br)cc2[nH]1)C(=O)O. The van der Waals surface area contributed by atoms with Crippen molar-refractivity contribution in [2.24, 2.45) is 5.41 Å². The molecular formula is C13H16BrN3O2. The van der Waals surface area contributed by atoms with Gasteiger partial charge in [0.25, 0.3) is 0 Å². The van der Waals surface area contributed by atoms with Crippen LogP contribution >= 0.6 is 15.9 Å². The molecule has 19 heavy (non-hydrogen) atoms. The van der Waals surface area contributed by atoms with E-state index < -0.39 is 11.4 Å². The maximum absolute atomic E-state index is 11.5. The highest BCUT2D eigenvalue weighted by molar-refractivity contribution is 9.10. The van der Waals surface area contributed by atoms with Crippen molar-refractivity contribution in [2.45, 2.75) is 33.1 Å². The number of carbonyl (C=O) groups is 1. The van der Waals surface area contributed by atoms with E-state index in [-0.39, 0.29) is 0 Å². The molecule has 0 aliphatic carbocycles. The first-order valence-corrected chi connectivity index (χ1v) is 7.03. The Labute approximate surface area is 119 Å². The van der Waals surface area contributed by atoms with E-state index in [0.717, 1.165) is 9.99 Å². The van der Waals surface area contributed by atoms with Crippen LogP contribution in [-0.4, -0.2) is 26.0 Å². The molecule has 0 fully saturated rings. The Balaban J connectivity index is 2.36. The van der Waals surface area contributed by atoms with Gasteiger partial charge < -0.3 is 10.1 Å². The molecule has 0 aliphatic heterocycles. The predicted molar refractivity (Wildman–Crippen MR) is 75.9 cm³/mol. The first-order valence-electron chi connectivity index (χ1n) is 6.24. The molecule has 2 N–H and O–H groups in total.